The summed E-state index contributed by atoms with van der Waals surface area (Å²) in [5.41, 5.74) is 3.31. The highest BCUT2D eigenvalue weighted by Gasteiger charge is 2.42. The highest BCUT2D eigenvalue weighted by atomic mass is 32.2. The van der Waals surface area contributed by atoms with Gasteiger partial charge >= 0.3 is 5.97 Å². The number of pyridine rings is 1. The van der Waals surface area contributed by atoms with Gasteiger partial charge in [-0.25, -0.2) is 9.79 Å². The van der Waals surface area contributed by atoms with E-state index < -0.39 is 12.0 Å². The van der Waals surface area contributed by atoms with Gasteiger partial charge in [-0.15, -0.1) is 0 Å². The SMILES string of the molecule is COc1ccc(OC)c([C@@H]2C(C(=O)OC(C)C)=C(C)N=C3SC=C(CC(=O)NCc4ccncc4)N32)c1. The number of thioether (sulfide) groups is 1. The number of hydrogen-bond acceptors (Lipinski definition) is 9. The number of aromatic nitrogens is 1. The Labute approximate surface area is 220 Å². The van der Waals surface area contributed by atoms with Gasteiger partial charge in [0.1, 0.15) is 11.5 Å². The zero-order valence-electron chi connectivity index (χ0n) is 21.5. The number of methoxy groups -OCH3 is 2. The fraction of sp³-hybridized carbons (Fsp3) is 0.333. The number of esters is 1. The number of benzene rings is 1. The van der Waals surface area contributed by atoms with Crippen molar-refractivity contribution in [1.82, 2.24) is 15.2 Å². The number of hydrogen-bond donors (Lipinski definition) is 1. The lowest BCUT2D eigenvalue weighted by Gasteiger charge is -2.37. The monoisotopic (exact) mass is 522 g/mol. The van der Waals surface area contributed by atoms with Gasteiger partial charge in [-0.05, 0) is 62.1 Å². The Hall–Kier alpha value is -3.79. The van der Waals surface area contributed by atoms with E-state index in [9.17, 15) is 9.59 Å². The van der Waals surface area contributed by atoms with Crippen molar-refractivity contribution in [2.24, 2.45) is 4.99 Å². The minimum atomic E-state index is -0.627. The molecule has 0 bridgehead atoms. The van der Waals surface area contributed by atoms with Gasteiger partial charge in [-0.3, -0.25) is 9.78 Å². The lowest BCUT2D eigenvalue weighted by atomic mass is 9.92. The van der Waals surface area contributed by atoms with Gasteiger partial charge in [0.25, 0.3) is 0 Å². The second-order valence-corrected chi connectivity index (χ2v) is 9.60. The first-order valence-corrected chi connectivity index (χ1v) is 12.7. The standard InChI is InChI=1S/C27H30N4O5S/c1-16(2)36-26(33)24-17(3)30-27-31(25(24)21-13-20(34-4)6-7-22(21)35-5)19(15-37-27)12-23(32)29-14-18-8-10-28-11-9-18/h6-11,13,15-16,25H,12,14H2,1-5H3,(H,29,32)/t25-/m1/s1. The number of allylic oxidation sites excluding steroid dienone is 1. The van der Waals surface area contributed by atoms with Crippen LogP contribution in [-0.2, 0) is 20.9 Å². The Bertz CT molecular complexity index is 1270. The molecule has 2 aliphatic heterocycles. The van der Waals surface area contributed by atoms with Crippen molar-refractivity contribution in [3.63, 3.8) is 0 Å². The number of fused-ring (bicyclic) bond motifs is 1. The fourth-order valence-electron chi connectivity index (χ4n) is 4.18. The van der Waals surface area contributed by atoms with Crippen LogP contribution in [0.3, 0.4) is 0 Å². The minimum Gasteiger partial charge on any atom is -0.497 e. The highest BCUT2D eigenvalue weighted by molar-refractivity contribution is 8.16. The van der Waals surface area contributed by atoms with Crippen LogP contribution in [0.15, 0.2) is 70.1 Å². The van der Waals surface area contributed by atoms with Crippen LogP contribution in [0.2, 0.25) is 0 Å². The number of carbonyl (C=O) groups is 2. The second kappa shape index (κ2) is 11.5. The summed E-state index contributed by atoms with van der Waals surface area (Å²) >= 11 is 1.41. The minimum absolute atomic E-state index is 0.103. The Balaban J connectivity index is 1.70. The summed E-state index contributed by atoms with van der Waals surface area (Å²) in [5.74, 6) is 0.567. The van der Waals surface area contributed by atoms with Crippen molar-refractivity contribution in [3.05, 3.63) is 76.2 Å². The molecule has 10 heteroatoms. The number of ether oxygens (including phenoxy) is 3. The van der Waals surface area contributed by atoms with Crippen LogP contribution in [0.1, 0.15) is 44.4 Å². The van der Waals surface area contributed by atoms with Gasteiger partial charge in [0.2, 0.25) is 5.91 Å². The predicted octanol–water partition coefficient (Wildman–Crippen LogP) is 4.33. The molecule has 37 heavy (non-hydrogen) atoms. The third-order valence-electron chi connectivity index (χ3n) is 5.88. The molecule has 0 saturated heterocycles. The van der Waals surface area contributed by atoms with Crippen molar-refractivity contribution in [2.45, 2.75) is 45.9 Å². The van der Waals surface area contributed by atoms with Crippen molar-refractivity contribution in [2.75, 3.05) is 14.2 Å². The number of nitrogens with one attached hydrogen (secondary N) is 1. The Morgan fingerprint density at radius 2 is 1.89 bits per heavy atom. The summed E-state index contributed by atoms with van der Waals surface area (Å²) in [7, 11) is 3.16. The molecule has 1 aromatic heterocycles. The van der Waals surface area contributed by atoms with E-state index in [1.54, 1.807) is 59.5 Å². The van der Waals surface area contributed by atoms with Gasteiger partial charge in [-0.2, -0.15) is 0 Å². The Morgan fingerprint density at radius 1 is 1.14 bits per heavy atom. The van der Waals surface area contributed by atoms with Crippen LogP contribution in [0.4, 0.5) is 0 Å². The molecule has 2 aromatic rings. The maximum absolute atomic E-state index is 13.4. The van der Waals surface area contributed by atoms with Gasteiger partial charge in [0.15, 0.2) is 5.17 Å². The van der Waals surface area contributed by atoms with Gasteiger partial charge in [0, 0.05) is 30.2 Å². The maximum atomic E-state index is 13.4. The molecule has 0 spiro atoms. The van der Waals surface area contributed by atoms with Crippen LogP contribution in [-0.4, -0.2) is 47.3 Å². The van der Waals surface area contributed by atoms with Crippen LogP contribution in [0, 0.1) is 0 Å². The van der Waals surface area contributed by atoms with E-state index in [0.29, 0.717) is 45.7 Å². The summed E-state index contributed by atoms with van der Waals surface area (Å²) in [4.78, 5) is 36.9. The molecular weight excluding hydrogens is 492 g/mol. The van der Waals surface area contributed by atoms with Crippen LogP contribution in [0.5, 0.6) is 11.5 Å². The molecule has 0 saturated carbocycles. The van der Waals surface area contributed by atoms with Crippen molar-refractivity contribution < 1.29 is 23.8 Å². The molecule has 194 valence electrons. The van der Waals surface area contributed by atoms with E-state index in [-0.39, 0.29) is 18.4 Å². The number of amides is 1. The third kappa shape index (κ3) is 5.80. The van der Waals surface area contributed by atoms with E-state index in [0.717, 1.165) is 5.56 Å². The Morgan fingerprint density at radius 3 is 2.57 bits per heavy atom. The first-order chi connectivity index (χ1) is 17.8. The predicted molar refractivity (Wildman–Crippen MR) is 142 cm³/mol. The summed E-state index contributed by atoms with van der Waals surface area (Å²) in [6.07, 6.45) is 3.16. The maximum Gasteiger partial charge on any atom is 0.338 e. The normalized spacial score (nSPS) is 16.7. The van der Waals surface area contributed by atoms with Crippen LogP contribution in [0.25, 0.3) is 0 Å². The zero-order valence-corrected chi connectivity index (χ0v) is 22.3. The lowest BCUT2D eigenvalue weighted by Crippen LogP contribution is -2.38. The molecule has 2 aliphatic rings. The lowest BCUT2D eigenvalue weighted by molar-refractivity contribution is -0.143. The molecule has 4 rings (SSSR count). The third-order valence-corrected chi connectivity index (χ3v) is 6.76. The summed E-state index contributed by atoms with van der Waals surface area (Å²) < 4.78 is 16.8. The number of rotatable bonds is 9. The largest absolute Gasteiger partial charge is 0.497 e. The van der Waals surface area contributed by atoms with Crippen molar-refractivity contribution in [1.29, 1.82) is 0 Å². The smallest absolute Gasteiger partial charge is 0.338 e. The fourth-order valence-corrected chi connectivity index (χ4v) is 5.15. The first kappa shape index (κ1) is 26.3. The summed E-state index contributed by atoms with van der Waals surface area (Å²) in [6.45, 7) is 5.79. The van der Waals surface area contributed by atoms with Gasteiger partial charge in [-0.1, -0.05) is 11.8 Å². The molecule has 1 N–H and O–H groups in total. The van der Waals surface area contributed by atoms with E-state index in [1.807, 2.05) is 28.5 Å². The topological polar surface area (TPSA) is 102 Å². The van der Waals surface area contributed by atoms with Crippen LogP contribution >= 0.6 is 11.8 Å². The quantitative estimate of drug-likeness (QED) is 0.486. The van der Waals surface area contributed by atoms with E-state index >= 15 is 0 Å². The van der Waals surface area contributed by atoms with Crippen LogP contribution < -0.4 is 14.8 Å². The Kier molecular flexibility index (Phi) is 8.17. The van der Waals surface area contributed by atoms with Gasteiger partial charge < -0.3 is 24.4 Å². The van der Waals surface area contributed by atoms with Gasteiger partial charge in [0.05, 0.1) is 44.1 Å². The van der Waals surface area contributed by atoms with E-state index in [4.69, 9.17) is 19.2 Å². The molecule has 0 unspecified atom stereocenters. The number of aliphatic imine (C=N–C) groups is 1. The average molecular weight is 523 g/mol. The molecule has 1 aromatic carbocycles. The molecular formula is C27H30N4O5S. The molecule has 9 nitrogen and oxygen atoms in total. The molecule has 3 heterocycles. The molecule has 0 aliphatic carbocycles. The number of carbonyl (C=O) groups excluding carboxylic acids is 2. The van der Waals surface area contributed by atoms with E-state index in [2.05, 4.69) is 10.3 Å². The molecule has 0 fully saturated rings. The first-order valence-electron chi connectivity index (χ1n) is 11.8. The summed E-state index contributed by atoms with van der Waals surface area (Å²) in [6, 6.07) is 8.52. The molecule has 1 atom stereocenters. The average Bonchev–Trinajstić information content (AvgIpc) is 3.28. The summed E-state index contributed by atoms with van der Waals surface area (Å²) in [5, 5.41) is 5.52. The highest BCUT2D eigenvalue weighted by Crippen LogP contribution is 2.47. The number of amidine groups is 1. The number of nitrogens with zero attached hydrogens (tertiary/aromatic N) is 3. The zero-order chi connectivity index (χ0) is 26.5. The molecule has 1 amide bonds. The van der Waals surface area contributed by atoms with E-state index in [1.165, 1.54) is 11.8 Å². The van der Waals surface area contributed by atoms with Crippen molar-refractivity contribution >= 4 is 28.8 Å². The van der Waals surface area contributed by atoms with Crippen molar-refractivity contribution in [3.8, 4) is 11.5 Å². The molecule has 0 radical (unpaired) electrons. The second-order valence-electron chi connectivity index (χ2n) is 8.76.